The van der Waals surface area contributed by atoms with Gasteiger partial charge in [0.25, 0.3) is 0 Å². The Bertz CT molecular complexity index is 581. The highest BCUT2D eigenvalue weighted by molar-refractivity contribution is 8.13. The summed E-state index contributed by atoms with van der Waals surface area (Å²) in [6.45, 7) is 28.6. The van der Waals surface area contributed by atoms with Gasteiger partial charge in [0.05, 0.1) is 29.5 Å². The van der Waals surface area contributed by atoms with Crippen molar-refractivity contribution in [3.8, 4) is 0 Å². The van der Waals surface area contributed by atoms with Gasteiger partial charge in [0.1, 0.15) is 11.4 Å². The standard InChI is InChI=1S/C10H20O2.C9H18O2.C7H14O2S/c1-8(11)7-10(5,6)12-9(2,3)4;1-7(10)9(5,6)11-8(2,3)4;1-6(2)9-4-5-10-7(3)8/h7H2,1-6H3;1-6H3;6H,4-5H2,1-3H3. The number of hydrogen-bond acceptors (Lipinski definition) is 7. The third kappa shape index (κ3) is 31.2. The first-order chi connectivity index (χ1) is 14.4. The first-order valence-corrected chi connectivity index (χ1v) is 12.5. The van der Waals surface area contributed by atoms with Crippen molar-refractivity contribution in [1.29, 1.82) is 0 Å². The Balaban J connectivity index is -0.000000411. The van der Waals surface area contributed by atoms with Gasteiger partial charge in [0, 0.05) is 19.1 Å². The number of ketones is 2. The molecule has 0 unspecified atom stereocenters. The molecule has 0 N–H and O–H groups in total. The van der Waals surface area contributed by atoms with Gasteiger partial charge in [-0.25, -0.2) is 0 Å². The van der Waals surface area contributed by atoms with Crippen molar-refractivity contribution in [2.24, 2.45) is 0 Å². The minimum atomic E-state index is -0.655. The lowest BCUT2D eigenvalue weighted by molar-refractivity contribution is -0.155. The number of hydrogen-bond donors (Lipinski definition) is 0. The lowest BCUT2D eigenvalue weighted by Gasteiger charge is -2.33. The predicted molar refractivity (Wildman–Crippen MR) is 140 cm³/mol. The van der Waals surface area contributed by atoms with Crippen molar-refractivity contribution < 1.29 is 28.6 Å². The molecule has 0 saturated carbocycles. The normalized spacial score (nSPS) is 12.4. The van der Waals surface area contributed by atoms with E-state index >= 15 is 0 Å². The molecule has 33 heavy (non-hydrogen) atoms. The Morgan fingerprint density at radius 2 is 1.18 bits per heavy atom. The van der Waals surface area contributed by atoms with Crippen LogP contribution in [0.2, 0.25) is 0 Å². The summed E-state index contributed by atoms with van der Waals surface area (Å²) < 4.78 is 16.5. The number of thioether (sulfide) groups is 1. The summed E-state index contributed by atoms with van der Waals surface area (Å²) in [7, 11) is 0. The first kappa shape index (κ1) is 36.8. The number of carbonyl (C=O) groups excluding carboxylic acids is 3. The van der Waals surface area contributed by atoms with Gasteiger partial charge in [-0.15, -0.1) is 0 Å². The van der Waals surface area contributed by atoms with E-state index in [1.807, 2.05) is 69.2 Å². The maximum Gasteiger partial charge on any atom is 0.185 e. The Hall–Kier alpha value is -0.760. The molecule has 6 nitrogen and oxygen atoms in total. The van der Waals surface area contributed by atoms with Gasteiger partial charge < -0.3 is 14.2 Å². The summed E-state index contributed by atoms with van der Waals surface area (Å²) in [6.07, 6.45) is 0.747. The largest absolute Gasteiger partial charge is 0.378 e. The zero-order valence-corrected chi connectivity index (χ0v) is 24.9. The number of Topliss-reactive ketones (excluding diaryl/α,β-unsaturated/α-hetero) is 2. The van der Waals surface area contributed by atoms with Crippen molar-refractivity contribution in [3.05, 3.63) is 0 Å². The molecule has 198 valence electrons. The average molecular weight is 493 g/mol. The van der Waals surface area contributed by atoms with Crippen LogP contribution in [0.25, 0.3) is 0 Å². The molecule has 0 aliphatic carbocycles. The summed E-state index contributed by atoms with van der Waals surface area (Å²) >= 11 is 1.31. The summed E-state index contributed by atoms with van der Waals surface area (Å²) in [6, 6.07) is 0. The second-order valence-corrected chi connectivity index (χ2v) is 12.7. The quantitative estimate of drug-likeness (QED) is 0.344. The van der Waals surface area contributed by atoms with Crippen molar-refractivity contribution in [2.45, 2.75) is 139 Å². The molecule has 0 aromatic heterocycles. The molecule has 0 aromatic carbocycles. The monoisotopic (exact) mass is 492 g/mol. The fraction of sp³-hybridized carbons (Fsp3) is 0.885. The number of ether oxygens (including phenoxy) is 3. The summed E-state index contributed by atoms with van der Waals surface area (Å²) in [5.41, 5.74) is -1.43. The maximum absolute atomic E-state index is 11.0. The third-order valence-corrected chi connectivity index (χ3v) is 4.28. The number of carbonyl (C=O) groups is 3. The van der Waals surface area contributed by atoms with Crippen LogP contribution in [0.1, 0.15) is 110 Å². The Labute approximate surface area is 208 Å². The van der Waals surface area contributed by atoms with E-state index in [4.69, 9.17) is 14.2 Å². The summed E-state index contributed by atoms with van der Waals surface area (Å²) in [5.74, 6) is 1.00. The molecule has 0 atom stereocenters. The molecule has 0 saturated heterocycles. The van der Waals surface area contributed by atoms with Gasteiger partial charge in [-0.1, -0.05) is 11.8 Å². The van der Waals surface area contributed by atoms with Gasteiger partial charge in [-0.3, -0.25) is 14.4 Å². The second kappa shape index (κ2) is 16.0. The van der Waals surface area contributed by atoms with Crippen LogP contribution in [0.3, 0.4) is 0 Å². The molecular formula is C26H52O6S. The molecule has 7 heteroatoms. The molecular weight excluding hydrogens is 440 g/mol. The van der Waals surface area contributed by atoms with Gasteiger partial charge >= 0.3 is 0 Å². The van der Waals surface area contributed by atoms with Gasteiger partial charge in [0.15, 0.2) is 10.9 Å². The molecule has 0 aliphatic heterocycles. The van der Waals surface area contributed by atoms with Crippen molar-refractivity contribution in [2.75, 3.05) is 12.4 Å². The lowest BCUT2D eigenvalue weighted by Crippen LogP contribution is -2.40. The second-order valence-electron chi connectivity index (χ2n) is 11.4. The fourth-order valence-corrected chi connectivity index (χ4v) is 3.24. The van der Waals surface area contributed by atoms with Crippen LogP contribution in [0, 0.1) is 0 Å². The molecule has 0 radical (unpaired) electrons. The molecule has 0 bridgehead atoms. The smallest absolute Gasteiger partial charge is 0.185 e. The van der Waals surface area contributed by atoms with Crippen LogP contribution in [0.5, 0.6) is 0 Å². The highest BCUT2D eigenvalue weighted by Gasteiger charge is 2.30. The highest BCUT2D eigenvalue weighted by Crippen LogP contribution is 2.23. The third-order valence-electron chi connectivity index (χ3n) is 3.51. The molecule has 0 aliphatic rings. The minimum absolute atomic E-state index is 0.0624. The number of rotatable bonds is 9. The Morgan fingerprint density at radius 3 is 1.42 bits per heavy atom. The topological polar surface area (TPSA) is 78.9 Å². The predicted octanol–water partition coefficient (Wildman–Crippen LogP) is 6.42. The van der Waals surface area contributed by atoms with Crippen LogP contribution >= 0.6 is 11.8 Å². The van der Waals surface area contributed by atoms with Gasteiger partial charge in [-0.2, -0.15) is 0 Å². The van der Waals surface area contributed by atoms with Crippen molar-refractivity contribution in [3.63, 3.8) is 0 Å². The van der Waals surface area contributed by atoms with E-state index in [-0.39, 0.29) is 39.6 Å². The summed E-state index contributed by atoms with van der Waals surface area (Å²) in [4.78, 5) is 32.3. The zero-order chi connectivity index (χ0) is 27.3. The van der Waals surface area contributed by atoms with Gasteiger partial charge in [0.2, 0.25) is 0 Å². The molecule has 0 heterocycles. The molecule has 0 fully saturated rings. The lowest BCUT2D eigenvalue weighted by atomic mass is 10.0. The van der Waals surface area contributed by atoms with E-state index in [0.717, 1.165) is 5.75 Å². The van der Waals surface area contributed by atoms with E-state index in [1.54, 1.807) is 34.6 Å². The minimum Gasteiger partial charge on any atom is -0.378 e. The highest BCUT2D eigenvalue weighted by atomic mass is 32.2. The van der Waals surface area contributed by atoms with Gasteiger partial charge in [-0.05, 0) is 96.9 Å². The zero-order valence-electron chi connectivity index (χ0n) is 24.1. The summed E-state index contributed by atoms with van der Waals surface area (Å²) in [5, 5.41) is 0.160. The molecule has 0 aromatic rings. The molecule has 0 amide bonds. The van der Waals surface area contributed by atoms with Crippen LogP contribution in [0.4, 0.5) is 0 Å². The van der Waals surface area contributed by atoms with Crippen molar-refractivity contribution in [1.82, 2.24) is 0 Å². The van der Waals surface area contributed by atoms with Crippen LogP contribution in [-0.2, 0) is 28.6 Å². The van der Waals surface area contributed by atoms with E-state index in [2.05, 4.69) is 0 Å². The Morgan fingerprint density at radius 1 is 0.758 bits per heavy atom. The molecule has 0 rings (SSSR count). The van der Waals surface area contributed by atoms with Crippen LogP contribution in [-0.4, -0.2) is 57.5 Å². The fourth-order valence-electron chi connectivity index (χ4n) is 2.77. The van der Waals surface area contributed by atoms with E-state index in [0.29, 0.717) is 13.0 Å². The molecule has 0 spiro atoms. The van der Waals surface area contributed by atoms with E-state index < -0.39 is 5.60 Å². The van der Waals surface area contributed by atoms with Crippen LogP contribution in [0.15, 0.2) is 0 Å². The van der Waals surface area contributed by atoms with E-state index in [1.165, 1.54) is 11.8 Å². The SMILES string of the molecule is CC(=O)C(C)(C)OC(C)(C)C.CC(=O)CC(C)(C)OC(C)(C)C.CC(=O)SCCOC(C)C. The average Bonchev–Trinajstić information content (AvgIpc) is 2.46. The van der Waals surface area contributed by atoms with E-state index in [9.17, 15) is 14.4 Å². The maximum atomic E-state index is 11.0. The first-order valence-electron chi connectivity index (χ1n) is 11.6. The Kier molecular flexibility index (Phi) is 17.9. The van der Waals surface area contributed by atoms with Crippen LogP contribution < -0.4 is 0 Å². The van der Waals surface area contributed by atoms with Crippen molar-refractivity contribution >= 4 is 28.4 Å².